The van der Waals surface area contributed by atoms with Crippen molar-refractivity contribution in [1.29, 1.82) is 5.26 Å². The van der Waals surface area contributed by atoms with Gasteiger partial charge in [0.1, 0.15) is 0 Å². The molecule has 0 radical (unpaired) electrons. The molecule has 1 aromatic carbocycles. The highest BCUT2D eigenvalue weighted by Gasteiger charge is 1.99. The number of benzene rings is 1. The quantitative estimate of drug-likeness (QED) is 0.744. The molecule has 0 saturated heterocycles. The van der Waals surface area contributed by atoms with Crippen LogP contribution in [0.25, 0.3) is 0 Å². The number of rotatable bonds is 5. The maximum absolute atomic E-state index is 8.75. The van der Waals surface area contributed by atoms with Gasteiger partial charge in [0, 0.05) is 24.8 Å². The second-order valence-corrected chi connectivity index (χ2v) is 4.18. The Hall–Kier alpha value is -1.53. The molecule has 3 nitrogen and oxygen atoms in total. The molecule has 86 valence electrons. The Labute approximate surface area is 97.5 Å². The number of hydrogen-bond donors (Lipinski definition) is 2. The molecule has 0 saturated carbocycles. The summed E-state index contributed by atoms with van der Waals surface area (Å²) in [6.45, 7) is 8.11. The minimum Gasteiger partial charge on any atom is -0.384 e. The van der Waals surface area contributed by atoms with Crippen molar-refractivity contribution in [3.63, 3.8) is 0 Å². The van der Waals surface area contributed by atoms with Crippen molar-refractivity contribution in [3.05, 3.63) is 29.3 Å². The zero-order chi connectivity index (χ0) is 12.0. The van der Waals surface area contributed by atoms with Crippen LogP contribution in [0.2, 0.25) is 0 Å². The molecular weight excluding hydrogens is 198 g/mol. The Morgan fingerprint density at radius 2 is 2.06 bits per heavy atom. The van der Waals surface area contributed by atoms with Gasteiger partial charge in [0.25, 0.3) is 0 Å². The first-order valence-electron chi connectivity index (χ1n) is 5.61. The normalized spacial score (nSPS) is 10.2. The number of anilines is 1. The summed E-state index contributed by atoms with van der Waals surface area (Å²) in [5.41, 5.74) is 2.93. The summed E-state index contributed by atoms with van der Waals surface area (Å²) < 4.78 is 0. The van der Waals surface area contributed by atoms with Crippen molar-refractivity contribution < 1.29 is 0 Å². The van der Waals surface area contributed by atoms with Crippen LogP contribution >= 0.6 is 0 Å². The first-order valence-corrected chi connectivity index (χ1v) is 5.61. The standard InChI is InChI=1S/C13H19N3/c1-10(2)15-6-7-16-13-5-4-12(9-14)8-11(13)3/h4-5,8,10,15-16H,6-7H2,1-3H3. The van der Waals surface area contributed by atoms with E-state index in [1.807, 2.05) is 25.1 Å². The monoisotopic (exact) mass is 217 g/mol. The van der Waals surface area contributed by atoms with Gasteiger partial charge in [-0.15, -0.1) is 0 Å². The molecule has 0 aliphatic carbocycles. The van der Waals surface area contributed by atoms with Crippen LogP contribution in [0.3, 0.4) is 0 Å². The van der Waals surface area contributed by atoms with Crippen LogP contribution in [-0.4, -0.2) is 19.1 Å². The number of aryl methyl sites for hydroxylation is 1. The van der Waals surface area contributed by atoms with Crippen LogP contribution in [-0.2, 0) is 0 Å². The molecule has 0 fully saturated rings. The largest absolute Gasteiger partial charge is 0.384 e. The lowest BCUT2D eigenvalue weighted by atomic mass is 10.1. The van der Waals surface area contributed by atoms with E-state index in [0.29, 0.717) is 11.6 Å². The maximum atomic E-state index is 8.75. The summed E-state index contributed by atoms with van der Waals surface area (Å²) in [5.74, 6) is 0. The first kappa shape index (κ1) is 12.5. The lowest BCUT2D eigenvalue weighted by Crippen LogP contribution is -2.28. The van der Waals surface area contributed by atoms with Crippen LogP contribution in [0, 0.1) is 18.3 Å². The number of nitriles is 1. The molecule has 0 aromatic heterocycles. The second kappa shape index (κ2) is 6.14. The van der Waals surface area contributed by atoms with Crippen molar-refractivity contribution in [2.24, 2.45) is 0 Å². The van der Waals surface area contributed by atoms with E-state index < -0.39 is 0 Å². The van der Waals surface area contributed by atoms with Gasteiger partial charge in [0.05, 0.1) is 11.6 Å². The number of hydrogen-bond acceptors (Lipinski definition) is 3. The Bertz CT molecular complexity index is 377. The van der Waals surface area contributed by atoms with E-state index in [1.165, 1.54) is 0 Å². The zero-order valence-electron chi connectivity index (χ0n) is 10.2. The molecule has 0 spiro atoms. The van der Waals surface area contributed by atoms with Crippen LogP contribution in [0.1, 0.15) is 25.0 Å². The SMILES string of the molecule is Cc1cc(C#N)ccc1NCCNC(C)C. The maximum Gasteiger partial charge on any atom is 0.0991 e. The minimum atomic E-state index is 0.517. The van der Waals surface area contributed by atoms with E-state index in [1.54, 1.807) is 0 Å². The molecule has 0 atom stereocenters. The summed E-state index contributed by atoms with van der Waals surface area (Å²) in [7, 11) is 0. The van der Waals surface area contributed by atoms with Crippen LogP contribution in [0.15, 0.2) is 18.2 Å². The van der Waals surface area contributed by atoms with Gasteiger partial charge in [-0.3, -0.25) is 0 Å². The predicted molar refractivity (Wildman–Crippen MR) is 67.5 cm³/mol. The molecule has 0 aliphatic heterocycles. The van der Waals surface area contributed by atoms with E-state index in [0.717, 1.165) is 24.3 Å². The summed E-state index contributed by atoms with van der Waals surface area (Å²) in [6.07, 6.45) is 0. The molecule has 0 amide bonds. The highest BCUT2D eigenvalue weighted by Crippen LogP contribution is 2.15. The Morgan fingerprint density at radius 1 is 1.31 bits per heavy atom. The van der Waals surface area contributed by atoms with Gasteiger partial charge in [-0.2, -0.15) is 5.26 Å². The van der Waals surface area contributed by atoms with Gasteiger partial charge in [-0.05, 0) is 30.7 Å². The molecule has 0 unspecified atom stereocenters. The fourth-order valence-electron chi connectivity index (χ4n) is 1.49. The highest BCUT2D eigenvalue weighted by molar-refractivity contribution is 5.53. The summed E-state index contributed by atoms with van der Waals surface area (Å²) in [5, 5.41) is 15.4. The van der Waals surface area contributed by atoms with Gasteiger partial charge in [0.2, 0.25) is 0 Å². The van der Waals surface area contributed by atoms with E-state index in [2.05, 4.69) is 30.6 Å². The lowest BCUT2D eigenvalue weighted by molar-refractivity contribution is 0.602. The Morgan fingerprint density at radius 3 is 2.62 bits per heavy atom. The van der Waals surface area contributed by atoms with Gasteiger partial charge in [-0.1, -0.05) is 13.8 Å². The van der Waals surface area contributed by atoms with Crippen molar-refractivity contribution in [2.75, 3.05) is 18.4 Å². The van der Waals surface area contributed by atoms with Crippen molar-refractivity contribution in [3.8, 4) is 6.07 Å². The highest BCUT2D eigenvalue weighted by atomic mass is 15.0. The van der Waals surface area contributed by atoms with Crippen LogP contribution in [0.4, 0.5) is 5.69 Å². The fourth-order valence-corrected chi connectivity index (χ4v) is 1.49. The molecule has 0 heterocycles. The van der Waals surface area contributed by atoms with Crippen LogP contribution in [0.5, 0.6) is 0 Å². The third kappa shape index (κ3) is 3.92. The van der Waals surface area contributed by atoms with E-state index >= 15 is 0 Å². The van der Waals surface area contributed by atoms with Crippen molar-refractivity contribution in [2.45, 2.75) is 26.8 Å². The first-order chi connectivity index (χ1) is 7.63. The topological polar surface area (TPSA) is 47.9 Å². The molecule has 1 aromatic rings. The Kier molecular flexibility index (Phi) is 4.81. The van der Waals surface area contributed by atoms with E-state index in [-0.39, 0.29) is 0 Å². The molecule has 2 N–H and O–H groups in total. The molecular formula is C13H19N3. The zero-order valence-corrected chi connectivity index (χ0v) is 10.2. The smallest absolute Gasteiger partial charge is 0.0991 e. The fraction of sp³-hybridized carbons (Fsp3) is 0.462. The molecule has 0 aliphatic rings. The van der Waals surface area contributed by atoms with Crippen LogP contribution < -0.4 is 10.6 Å². The van der Waals surface area contributed by atoms with Gasteiger partial charge < -0.3 is 10.6 Å². The molecule has 0 bridgehead atoms. The van der Waals surface area contributed by atoms with Gasteiger partial charge in [0.15, 0.2) is 0 Å². The average molecular weight is 217 g/mol. The predicted octanol–water partition coefficient (Wildman–Crippen LogP) is 2.28. The summed E-state index contributed by atoms with van der Waals surface area (Å²) in [6, 6.07) is 8.36. The van der Waals surface area contributed by atoms with E-state index in [9.17, 15) is 0 Å². The molecule has 1 rings (SSSR count). The van der Waals surface area contributed by atoms with E-state index in [4.69, 9.17) is 5.26 Å². The van der Waals surface area contributed by atoms with Crippen molar-refractivity contribution >= 4 is 5.69 Å². The van der Waals surface area contributed by atoms with Gasteiger partial charge in [-0.25, -0.2) is 0 Å². The lowest BCUT2D eigenvalue weighted by Gasteiger charge is -2.11. The van der Waals surface area contributed by atoms with Crippen molar-refractivity contribution in [1.82, 2.24) is 5.32 Å². The second-order valence-electron chi connectivity index (χ2n) is 4.18. The third-order valence-corrected chi connectivity index (χ3v) is 2.35. The molecule has 3 heteroatoms. The number of nitrogens with zero attached hydrogens (tertiary/aromatic N) is 1. The average Bonchev–Trinajstić information content (AvgIpc) is 2.25. The van der Waals surface area contributed by atoms with Gasteiger partial charge >= 0.3 is 0 Å². The number of nitrogens with one attached hydrogen (secondary N) is 2. The third-order valence-electron chi connectivity index (χ3n) is 2.35. The minimum absolute atomic E-state index is 0.517. The Balaban J connectivity index is 2.46. The summed E-state index contributed by atoms with van der Waals surface area (Å²) in [4.78, 5) is 0. The molecule has 16 heavy (non-hydrogen) atoms. The summed E-state index contributed by atoms with van der Waals surface area (Å²) >= 11 is 0.